The Balaban J connectivity index is 2.46. The van der Waals surface area contributed by atoms with Crippen LogP contribution in [0.2, 0.25) is 0 Å². The van der Waals surface area contributed by atoms with Crippen LogP contribution in [0, 0.1) is 30.4 Å². The van der Waals surface area contributed by atoms with E-state index in [-0.39, 0.29) is 10.9 Å². The molecule has 0 radical (unpaired) electrons. The van der Waals surface area contributed by atoms with Gasteiger partial charge < -0.3 is 15.8 Å². The molecule has 0 atom stereocenters. The second kappa shape index (κ2) is 5.28. The number of nitrogens with zero attached hydrogens (tertiary/aromatic N) is 2. The van der Waals surface area contributed by atoms with Crippen LogP contribution >= 0.6 is 11.3 Å². The number of hydrogen-bond acceptors (Lipinski definition) is 6. The first kappa shape index (κ1) is 13.4. The standard InChI is InChI=1S/C13H12N3O2S/c1-8-4-3-5-11(16(17)18)12(8)15-13-10(7-14)6-9(2)19-13/h3-6,15,17H,1-2H3/q-1. The number of hydrogen-bond donors (Lipinski definition) is 2. The van der Waals surface area contributed by atoms with Gasteiger partial charge in [0.25, 0.3) is 0 Å². The number of nitrogens with one attached hydrogen (secondary N) is 1. The molecule has 0 saturated carbocycles. The fraction of sp³-hybridized carbons (Fsp3) is 0.154. The first-order valence-corrected chi connectivity index (χ1v) is 6.38. The lowest BCUT2D eigenvalue weighted by atomic mass is 10.1. The zero-order chi connectivity index (χ0) is 14.0. The smallest absolute Gasteiger partial charge is 0.111 e. The Morgan fingerprint density at radius 3 is 2.79 bits per heavy atom. The zero-order valence-electron chi connectivity index (χ0n) is 10.5. The summed E-state index contributed by atoms with van der Waals surface area (Å²) < 4.78 is 0. The third-order valence-corrected chi connectivity index (χ3v) is 3.64. The van der Waals surface area contributed by atoms with Crippen molar-refractivity contribution in [2.45, 2.75) is 13.8 Å². The summed E-state index contributed by atoms with van der Waals surface area (Å²) in [7, 11) is 0. The predicted octanol–water partition coefficient (Wildman–Crippen LogP) is 3.67. The Hall–Kier alpha value is -2.07. The molecule has 0 saturated heterocycles. The van der Waals surface area contributed by atoms with Gasteiger partial charge in [0.15, 0.2) is 0 Å². The van der Waals surface area contributed by atoms with E-state index in [1.165, 1.54) is 17.4 Å². The summed E-state index contributed by atoms with van der Waals surface area (Å²) in [5.74, 6) is 0. The first-order valence-electron chi connectivity index (χ1n) is 5.56. The van der Waals surface area contributed by atoms with Crippen molar-refractivity contribution in [3.8, 4) is 6.07 Å². The predicted molar refractivity (Wildman–Crippen MR) is 75.9 cm³/mol. The molecule has 0 amide bonds. The van der Waals surface area contributed by atoms with Crippen LogP contribution in [0.15, 0.2) is 24.3 Å². The Morgan fingerprint density at radius 1 is 1.42 bits per heavy atom. The molecule has 0 fully saturated rings. The summed E-state index contributed by atoms with van der Waals surface area (Å²) in [5.41, 5.74) is 1.95. The van der Waals surface area contributed by atoms with Gasteiger partial charge in [-0.15, -0.1) is 11.3 Å². The number of rotatable bonds is 3. The maximum atomic E-state index is 11.1. The SMILES string of the molecule is Cc1cc(C#N)c(Nc2c(C)cccc2N([O-])O)s1. The minimum atomic E-state index is -0.179. The molecule has 0 spiro atoms. The Labute approximate surface area is 114 Å². The highest BCUT2D eigenvalue weighted by atomic mass is 32.1. The van der Waals surface area contributed by atoms with Crippen LogP contribution in [0.4, 0.5) is 16.4 Å². The third kappa shape index (κ3) is 2.69. The lowest BCUT2D eigenvalue weighted by Crippen LogP contribution is -2.10. The number of anilines is 3. The van der Waals surface area contributed by atoms with Gasteiger partial charge in [-0.3, -0.25) is 5.21 Å². The van der Waals surface area contributed by atoms with Crippen molar-refractivity contribution in [1.82, 2.24) is 0 Å². The van der Waals surface area contributed by atoms with Crippen molar-refractivity contribution in [2.75, 3.05) is 10.5 Å². The minimum Gasteiger partial charge on any atom is -0.733 e. The van der Waals surface area contributed by atoms with Gasteiger partial charge in [0.2, 0.25) is 0 Å². The Bertz CT molecular complexity index is 644. The van der Waals surface area contributed by atoms with Crippen LogP contribution in [0.1, 0.15) is 16.0 Å². The minimum absolute atomic E-state index is 0.120. The van der Waals surface area contributed by atoms with E-state index in [1.54, 1.807) is 12.1 Å². The highest BCUT2D eigenvalue weighted by molar-refractivity contribution is 7.16. The molecule has 98 valence electrons. The zero-order valence-corrected chi connectivity index (χ0v) is 11.3. The van der Waals surface area contributed by atoms with E-state index >= 15 is 0 Å². The summed E-state index contributed by atoms with van der Waals surface area (Å²) in [6.45, 7) is 3.73. The van der Waals surface area contributed by atoms with E-state index in [4.69, 9.17) is 10.5 Å². The monoisotopic (exact) mass is 274 g/mol. The molecule has 2 aromatic rings. The summed E-state index contributed by atoms with van der Waals surface area (Å²) >= 11 is 1.43. The van der Waals surface area contributed by atoms with Gasteiger partial charge in [-0.05, 0) is 31.5 Å². The number of benzene rings is 1. The van der Waals surface area contributed by atoms with Gasteiger partial charge in [0, 0.05) is 4.88 Å². The van der Waals surface area contributed by atoms with Crippen LogP contribution in [0.3, 0.4) is 0 Å². The molecule has 19 heavy (non-hydrogen) atoms. The van der Waals surface area contributed by atoms with Crippen LogP contribution in [-0.4, -0.2) is 5.21 Å². The number of thiophene rings is 1. The molecule has 2 rings (SSSR count). The summed E-state index contributed by atoms with van der Waals surface area (Å²) in [4.78, 5) is 0.997. The van der Waals surface area contributed by atoms with Gasteiger partial charge in [0.1, 0.15) is 11.1 Å². The summed E-state index contributed by atoms with van der Waals surface area (Å²) in [6.07, 6.45) is 0. The van der Waals surface area contributed by atoms with Crippen molar-refractivity contribution in [1.29, 1.82) is 5.26 Å². The topological polar surface area (TPSA) is 82.4 Å². The molecular formula is C13H12N3O2S-. The van der Waals surface area contributed by atoms with E-state index in [1.807, 2.05) is 19.9 Å². The normalized spacial score (nSPS) is 10.1. The molecule has 0 aliphatic rings. The molecule has 2 N–H and O–H groups in total. The number of para-hydroxylation sites is 1. The molecule has 1 aromatic heterocycles. The molecule has 0 bridgehead atoms. The molecule has 5 nitrogen and oxygen atoms in total. The van der Waals surface area contributed by atoms with Gasteiger partial charge in [0.05, 0.1) is 16.9 Å². The van der Waals surface area contributed by atoms with E-state index in [9.17, 15) is 5.21 Å². The van der Waals surface area contributed by atoms with Crippen molar-refractivity contribution < 1.29 is 5.21 Å². The Kier molecular flexibility index (Phi) is 3.71. The molecule has 0 aliphatic carbocycles. The van der Waals surface area contributed by atoms with Crippen molar-refractivity contribution in [2.24, 2.45) is 0 Å². The van der Waals surface area contributed by atoms with Crippen LogP contribution in [0.5, 0.6) is 0 Å². The third-order valence-electron chi connectivity index (χ3n) is 2.67. The van der Waals surface area contributed by atoms with Crippen molar-refractivity contribution in [3.63, 3.8) is 0 Å². The van der Waals surface area contributed by atoms with Gasteiger partial charge in [-0.25, -0.2) is 0 Å². The van der Waals surface area contributed by atoms with Crippen LogP contribution in [-0.2, 0) is 0 Å². The molecule has 0 aliphatic heterocycles. The van der Waals surface area contributed by atoms with Gasteiger partial charge >= 0.3 is 0 Å². The lowest BCUT2D eigenvalue weighted by Gasteiger charge is -2.25. The van der Waals surface area contributed by atoms with E-state index in [0.717, 1.165) is 10.4 Å². The van der Waals surface area contributed by atoms with Gasteiger partial charge in [-0.2, -0.15) is 5.26 Å². The number of nitriles is 1. The van der Waals surface area contributed by atoms with Crippen molar-refractivity contribution in [3.05, 3.63) is 45.5 Å². The molecule has 0 unspecified atom stereocenters. The maximum absolute atomic E-state index is 11.1. The van der Waals surface area contributed by atoms with Gasteiger partial charge in [-0.1, -0.05) is 12.1 Å². The number of aryl methyl sites for hydroxylation is 2. The summed E-state index contributed by atoms with van der Waals surface area (Å²) in [5, 5.41) is 32.8. The van der Waals surface area contributed by atoms with Crippen LogP contribution in [0.25, 0.3) is 0 Å². The van der Waals surface area contributed by atoms with E-state index in [0.29, 0.717) is 16.3 Å². The maximum Gasteiger partial charge on any atom is 0.111 e. The largest absolute Gasteiger partial charge is 0.733 e. The highest BCUT2D eigenvalue weighted by Gasteiger charge is 2.11. The molecule has 1 heterocycles. The fourth-order valence-electron chi connectivity index (χ4n) is 1.78. The Morgan fingerprint density at radius 2 is 2.16 bits per heavy atom. The molecular weight excluding hydrogens is 262 g/mol. The highest BCUT2D eigenvalue weighted by Crippen LogP contribution is 2.35. The average Bonchev–Trinajstić information content (AvgIpc) is 2.71. The molecule has 6 heteroatoms. The molecule has 1 aromatic carbocycles. The quantitative estimate of drug-likeness (QED) is 0.834. The van der Waals surface area contributed by atoms with E-state index in [2.05, 4.69) is 11.4 Å². The van der Waals surface area contributed by atoms with E-state index < -0.39 is 0 Å². The van der Waals surface area contributed by atoms with Crippen LogP contribution < -0.4 is 10.5 Å². The van der Waals surface area contributed by atoms with Crippen molar-refractivity contribution >= 4 is 27.7 Å². The average molecular weight is 274 g/mol. The summed E-state index contributed by atoms with van der Waals surface area (Å²) in [6, 6.07) is 8.89. The first-order chi connectivity index (χ1) is 9.02. The second-order valence-corrected chi connectivity index (χ2v) is 5.33. The fourth-order valence-corrected chi connectivity index (χ4v) is 2.64. The lowest BCUT2D eigenvalue weighted by molar-refractivity contribution is 0.297. The second-order valence-electron chi connectivity index (χ2n) is 4.08.